The van der Waals surface area contributed by atoms with E-state index >= 15 is 0 Å². The second kappa shape index (κ2) is 3.94. The van der Waals surface area contributed by atoms with Crippen LogP contribution in [0.25, 0.3) is 0 Å². The van der Waals surface area contributed by atoms with Gasteiger partial charge in [-0.15, -0.1) is 0 Å². The Morgan fingerprint density at radius 2 is 2.20 bits per heavy atom. The average Bonchev–Trinajstić information content (AvgIpc) is 3.01. The highest BCUT2D eigenvalue weighted by atomic mass is 15.1. The van der Waals surface area contributed by atoms with Gasteiger partial charge in [0.25, 0.3) is 0 Å². The Morgan fingerprint density at radius 3 is 2.73 bits per heavy atom. The number of aryl methyl sites for hydroxylation is 1. The molecular formula is C13H16N2. The minimum Gasteiger partial charge on any atom is -0.374 e. The topological polar surface area (TPSA) is 27.0 Å². The number of hydrogen-bond donors (Lipinski definition) is 0. The van der Waals surface area contributed by atoms with E-state index in [2.05, 4.69) is 31.0 Å². The van der Waals surface area contributed by atoms with Crippen LogP contribution in [0.3, 0.4) is 0 Å². The van der Waals surface area contributed by atoms with Crippen LogP contribution in [0.1, 0.15) is 24.0 Å². The van der Waals surface area contributed by atoms with Crippen molar-refractivity contribution in [3.63, 3.8) is 0 Å². The van der Waals surface area contributed by atoms with E-state index in [1.807, 2.05) is 12.1 Å². The van der Waals surface area contributed by atoms with Crippen LogP contribution in [0.2, 0.25) is 0 Å². The average molecular weight is 200 g/mol. The predicted molar refractivity (Wildman–Crippen MR) is 61.9 cm³/mol. The van der Waals surface area contributed by atoms with Crippen molar-refractivity contribution >= 4 is 5.69 Å². The highest BCUT2D eigenvalue weighted by Gasteiger charge is 2.23. The summed E-state index contributed by atoms with van der Waals surface area (Å²) in [7, 11) is 2.13. The van der Waals surface area contributed by atoms with Gasteiger partial charge in [-0.3, -0.25) is 0 Å². The van der Waals surface area contributed by atoms with Gasteiger partial charge in [-0.1, -0.05) is 0 Å². The third-order valence-electron chi connectivity index (χ3n) is 2.97. The minimum atomic E-state index is 0.746. The molecule has 0 aromatic heterocycles. The molecule has 0 saturated heterocycles. The molecule has 0 aliphatic heterocycles. The Bertz CT molecular complexity index is 399. The van der Waals surface area contributed by atoms with Crippen molar-refractivity contribution in [2.75, 3.05) is 18.5 Å². The number of nitriles is 1. The Kier molecular flexibility index (Phi) is 2.64. The number of rotatable bonds is 3. The van der Waals surface area contributed by atoms with Crippen LogP contribution >= 0.6 is 0 Å². The van der Waals surface area contributed by atoms with Gasteiger partial charge in [0.15, 0.2) is 0 Å². The molecule has 0 unspecified atom stereocenters. The fraction of sp³-hybridized carbons (Fsp3) is 0.462. The molecule has 1 aliphatic carbocycles. The number of benzene rings is 1. The molecule has 2 heteroatoms. The van der Waals surface area contributed by atoms with Gasteiger partial charge in [-0.25, -0.2) is 0 Å². The fourth-order valence-electron chi connectivity index (χ4n) is 1.94. The van der Waals surface area contributed by atoms with Gasteiger partial charge >= 0.3 is 0 Å². The summed E-state index contributed by atoms with van der Waals surface area (Å²) in [5.41, 5.74) is 3.19. The molecule has 1 aromatic carbocycles. The van der Waals surface area contributed by atoms with E-state index in [4.69, 9.17) is 5.26 Å². The van der Waals surface area contributed by atoms with Crippen molar-refractivity contribution in [1.29, 1.82) is 5.26 Å². The molecule has 0 heterocycles. The summed E-state index contributed by atoms with van der Waals surface area (Å²) in [6.45, 7) is 3.21. The number of nitrogens with zero attached hydrogens (tertiary/aromatic N) is 2. The van der Waals surface area contributed by atoms with Crippen molar-refractivity contribution in [2.45, 2.75) is 19.8 Å². The lowest BCUT2D eigenvalue weighted by Gasteiger charge is -2.21. The molecule has 0 atom stereocenters. The van der Waals surface area contributed by atoms with E-state index in [0.717, 1.165) is 18.0 Å². The van der Waals surface area contributed by atoms with Crippen LogP contribution < -0.4 is 4.90 Å². The van der Waals surface area contributed by atoms with Gasteiger partial charge < -0.3 is 4.90 Å². The van der Waals surface area contributed by atoms with Crippen LogP contribution in [0, 0.1) is 24.2 Å². The maximum Gasteiger partial charge on any atom is 0.0991 e. The Hall–Kier alpha value is -1.49. The first-order chi connectivity index (χ1) is 7.20. The smallest absolute Gasteiger partial charge is 0.0991 e. The zero-order valence-corrected chi connectivity index (χ0v) is 9.33. The molecule has 1 aliphatic rings. The van der Waals surface area contributed by atoms with Crippen LogP contribution in [0.15, 0.2) is 18.2 Å². The molecule has 0 amide bonds. The van der Waals surface area contributed by atoms with Gasteiger partial charge in [-0.2, -0.15) is 5.26 Å². The zero-order valence-electron chi connectivity index (χ0n) is 9.33. The first-order valence-electron chi connectivity index (χ1n) is 5.42. The van der Waals surface area contributed by atoms with E-state index < -0.39 is 0 Å². The van der Waals surface area contributed by atoms with Crippen molar-refractivity contribution in [3.05, 3.63) is 29.3 Å². The minimum absolute atomic E-state index is 0.746. The molecule has 78 valence electrons. The highest BCUT2D eigenvalue weighted by Crippen LogP contribution is 2.31. The van der Waals surface area contributed by atoms with E-state index in [1.54, 1.807) is 0 Å². The first-order valence-corrected chi connectivity index (χ1v) is 5.42. The molecular weight excluding hydrogens is 184 g/mol. The van der Waals surface area contributed by atoms with Crippen LogP contribution in [0.5, 0.6) is 0 Å². The van der Waals surface area contributed by atoms with Gasteiger partial charge in [0.1, 0.15) is 0 Å². The van der Waals surface area contributed by atoms with Crippen molar-refractivity contribution in [1.82, 2.24) is 0 Å². The maximum absolute atomic E-state index is 8.78. The molecule has 15 heavy (non-hydrogen) atoms. The molecule has 2 rings (SSSR count). The van der Waals surface area contributed by atoms with Crippen molar-refractivity contribution in [3.8, 4) is 6.07 Å². The predicted octanol–water partition coefficient (Wildman–Crippen LogP) is 2.71. The van der Waals surface area contributed by atoms with Crippen molar-refractivity contribution < 1.29 is 0 Å². The summed E-state index contributed by atoms with van der Waals surface area (Å²) in [6, 6.07) is 8.07. The normalized spacial score (nSPS) is 14.7. The van der Waals surface area contributed by atoms with E-state index in [1.165, 1.54) is 24.1 Å². The van der Waals surface area contributed by atoms with Gasteiger partial charge in [-0.05, 0) is 49.4 Å². The lowest BCUT2D eigenvalue weighted by Crippen LogP contribution is -2.20. The van der Waals surface area contributed by atoms with Crippen LogP contribution in [0.4, 0.5) is 5.69 Å². The third kappa shape index (κ3) is 2.30. The second-order valence-corrected chi connectivity index (χ2v) is 4.44. The zero-order chi connectivity index (χ0) is 10.8. The third-order valence-corrected chi connectivity index (χ3v) is 2.97. The molecule has 0 spiro atoms. The summed E-state index contributed by atoms with van der Waals surface area (Å²) >= 11 is 0. The Labute approximate surface area is 91.1 Å². The SMILES string of the molecule is Cc1cc(C#N)ccc1N(C)CC1CC1. The Morgan fingerprint density at radius 1 is 1.47 bits per heavy atom. The number of anilines is 1. The Balaban J connectivity index is 2.16. The molecule has 0 N–H and O–H groups in total. The molecule has 1 aromatic rings. The fourth-order valence-corrected chi connectivity index (χ4v) is 1.94. The van der Waals surface area contributed by atoms with E-state index in [0.29, 0.717) is 0 Å². The van der Waals surface area contributed by atoms with Gasteiger partial charge in [0.05, 0.1) is 11.6 Å². The maximum atomic E-state index is 8.78. The van der Waals surface area contributed by atoms with E-state index in [-0.39, 0.29) is 0 Å². The summed E-state index contributed by atoms with van der Waals surface area (Å²) < 4.78 is 0. The summed E-state index contributed by atoms with van der Waals surface area (Å²) in [4.78, 5) is 2.30. The van der Waals surface area contributed by atoms with Gasteiger partial charge in [0, 0.05) is 19.3 Å². The number of hydrogen-bond acceptors (Lipinski definition) is 2. The quantitative estimate of drug-likeness (QED) is 0.750. The lowest BCUT2D eigenvalue weighted by molar-refractivity contribution is 0.785. The summed E-state index contributed by atoms with van der Waals surface area (Å²) in [6.07, 6.45) is 2.75. The monoisotopic (exact) mass is 200 g/mol. The summed E-state index contributed by atoms with van der Waals surface area (Å²) in [5.74, 6) is 0.894. The molecule has 2 nitrogen and oxygen atoms in total. The molecule has 0 radical (unpaired) electrons. The summed E-state index contributed by atoms with van der Waals surface area (Å²) in [5, 5.41) is 8.78. The molecule has 1 saturated carbocycles. The molecule has 1 fully saturated rings. The standard InChI is InChI=1S/C13H16N2/c1-10-7-12(8-14)5-6-13(10)15(2)9-11-3-4-11/h5-7,11H,3-4,9H2,1-2H3. The van der Waals surface area contributed by atoms with Crippen LogP contribution in [-0.4, -0.2) is 13.6 Å². The van der Waals surface area contributed by atoms with Crippen LogP contribution in [-0.2, 0) is 0 Å². The largest absolute Gasteiger partial charge is 0.374 e. The molecule has 0 bridgehead atoms. The highest BCUT2D eigenvalue weighted by molar-refractivity contribution is 5.55. The van der Waals surface area contributed by atoms with E-state index in [9.17, 15) is 0 Å². The lowest BCUT2D eigenvalue weighted by atomic mass is 10.1. The van der Waals surface area contributed by atoms with Crippen molar-refractivity contribution in [2.24, 2.45) is 5.92 Å². The first kappa shape index (κ1) is 10.0. The van der Waals surface area contributed by atoms with Gasteiger partial charge in [0.2, 0.25) is 0 Å². The second-order valence-electron chi connectivity index (χ2n) is 4.44.